The van der Waals surface area contributed by atoms with E-state index in [-0.39, 0.29) is 5.91 Å². The van der Waals surface area contributed by atoms with Crippen LogP contribution in [0.2, 0.25) is 0 Å². The number of fused-ring (bicyclic) bond motifs is 1. The molecule has 6 nitrogen and oxygen atoms in total. The minimum Gasteiger partial charge on any atom is -0.387 e. The number of para-hydroxylation sites is 1. The highest BCUT2D eigenvalue weighted by Crippen LogP contribution is 2.26. The Balaban J connectivity index is 1.49. The Morgan fingerprint density at radius 2 is 2.04 bits per heavy atom. The van der Waals surface area contributed by atoms with Gasteiger partial charge in [-0.3, -0.25) is 9.89 Å². The highest BCUT2D eigenvalue weighted by molar-refractivity contribution is 6.04. The molecule has 0 bridgehead atoms. The van der Waals surface area contributed by atoms with E-state index in [9.17, 15) is 9.90 Å². The second-order valence-corrected chi connectivity index (χ2v) is 6.80. The lowest BCUT2D eigenvalue weighted by molar-refractivity contribution is 0.0175. The molecule has 3 heterocycles. The smallest absolute Gasteiger partial charge is 0.275 e. The van der Waals surface area contributed by atoms with Crippen LogP contribution in [0.3, 0.4) is 0 Å². The van der Waals surface area contributed by atoms with Crippen molar-refractivity contribution in [1.82, 2.24) is 20.0 Å². The third-order valence-corrected chi connectivity index (χ3v) is 5.01. The Labute approximate surface area is 135 Å². The summed E-state index contributed by atoms with van der Waals surface area (Å²) in [5.74, 6) is -0.0974. The lowest BCUT2D eigenvalue weighted by Crippen LogP contribution is -2.45. The van der Waals surface area contributed by atoms with Crippen LogP contribution in [-0.4, -0.2) is 69.3 Å². The number of nitrogens with one attached hydrogen (secondary N) is 1. The van der Waals surface area contributed by atoms with Gasteiger partial charge in [0.1, 0.15) is 0 Å². The quantitative estimate of drug-likeness (QED) is 0.894. The van der Waals surface area contributed by atoms with Gasteiger partial charge >= 0.3 is 0 Å². The van der Waals surface area contributed by atoms with Crippen LogP contribution in [0.1, 0.15) is 29.8 Å². The highest BCUT2D eigenvalue weighted by Gasteiger charge is 2.40. The maximum Gasteiger partial charge on any atom is 0.275 e. The van der Waals surface area contributed by atoms with E-state index >= 15 is 0 Å². The van der Waals surface area contributed by atoms with Gasteiger partial charge in [-0.25, -0.2) is 0 Å². The SMILES string of the molecule is O=C(c1n[nH]c2ccccc12)N1CC[C@](O)(CN2CCCC2)C1. The van der Waals surface area contributed by atoms with Crippen LogP contribution in [0.25, 0.3) is 10.9 Å². The zero-order valence-electron chi connectivity index (χ0n) is 13.2. The molecule has 0 unspecified atom stereocenters. The van der Waals surface area contributed by atoms with E-state index in [1.54, 1.807) is 4.90 Å². The Morgan fingerprint density at radius 3 is 2.87 bits per heavy atom. The van der Waals surface area contributed by atoms with Gasteiger partial charge in [0.25, 0.3) is 5.91 Å². The van der Waals surface area contributed by atoms with Gasteiger partial charge in [0, 0.05) is 18.5 Å². The maximum atomic E-state index is 12.8. The van der Waals surface area contributed by atoms with E-state index < -0.39 is 5.60 Å². The lowest BCUT2D eigenvalue weighted by atomic mass is 10.0. The number of likely N-dealkylation sites (tertiary alicyclic amines) is 2. The van der Waals surface area contributed by atoms with E-state index in [1.807, 2.05) is 24.3 Å². The number of hydrogen-bond acceptors (Lipinski definition) is 4. The first-order chi connectivity index (χ1) is 11.1. The molecule has 2 saturated heterocycles. The average molecular weight is 314 g/mol. The Hall–Kier alpha value is -1.92. The second kappa shape index (κ2) is 5.62. The fourth-order valence-corrected chi connectivity index (χ4v) is 3.79. The molecule has 1 amide bonds. The number of H-pyrrole nitrogens is 1. The van der Waals surface area contributed by atoms with Crippen LogP contribution < -0.4 is 0 Å². The van der Waals surface area contributed by atoms with Gasteiger partial charge in [-0.2, -0.15) is 5.10 Å². The van der Waals surface area contributed by atoms with Gasteiger partial charge in [-0.05, 0) is 38.4 Å². The van der Waals surface area contributed by atoms with Gasteiger partial charge in [-0.1, -0.05) is 18.2 Å². The first-order valence-electron chi connectivity index (χ1n) is 8.32. The Morgan fingerprint density at radius 1 is 1.26 bits per heavy atom. The number of nitrogens with zero attached hydrogens (tertiary/aromatic N) is 3. The summed E-state index contributed by atoms with van der Waals surface area (Å²) in [7, 11) is 0. The van der Waals surface area contributed by atoms with Crippen molar-refractivity contribution in [1.29, 1.82) is 0 Å². The van der Waals surface area contributed by atoms with Crippen molar-refractivity contribution in [2.75, 3.05) is 32.7 Å². The van der Waals surface area contributed by atoms with Crippen LogP contribution in [-0.2, 0) is 0 Å². The van der Waals surface area contributed by atoms with Crippen molar-refractivity contribution >= 4 is 16.8 Å². The first-order valence-corrected chi connectivity index (χ1v) is 8.32. The molecule has 1 atom stereocenters. The number of rotatable bonds is 3. The summed E-state index contributed by atoms with van der Waals surface area (Å²) in [6.45, 7) is 3.76. The number of β-amino-alcohol motifs (C(OH)–C–C–N with tert-alkyl or cyclic N) is 1. The minimum atomic E-state index is -0.786. The number of benzene rings is 1. The standard InChI is InChI=1S/C17H22N4O2/c22-16(15-13-5-1-2-6-14(13)18-19-15)21-10-7-17(23,12-21)11-20-8-3-4-9-20/h1-2,5-6,23H,3-4,7-12H2,(H,18,19)/t17-/m0/s1. The molecule has 23 heavy (non-hydrogen) atoms. The minimum absolute atomic E-state index is 0.0974. The number of hydrogen-bond donors (Lipinski definition) is 2. The second-order valence-electron chi connectivity index (χ2n) is 6.80. The summed E-state index contributed by atoms with van der Waals surface area (Å²) >= 11 is 0. The van der Waals surface area contributed by atoms with Crippen molar-refractivity contribution in [3.8, 4) is 0 Å². The molecule has 1 aromatic heterocycles. The molecular formula is C17H22N4O2. The largest absolute Gasteiger partial charge is 0.387 e. The van der Waals surface area contributed by atoms with E-state index in [4.69, 9.17) is 0 Å². The summed E-state index contributed by atoms with van der Waals surface area (Å²) < 4.78 is 0. The topological polar surface area (TPSA) is 72.5 Å². The predicted molar refractivity (Wildman–Crippen MR) is 87.2 cm³/mol. The molecule has 2 aromatic rings. The third kappa shape index (κ3) is 2.72. The van der Waals surface area contributed by atoms with Crippen molar-refractivity contribution in [2.45, 2.75) is 24.9 Å². The monoisotopic (exact) mass is 314 g/mol. The zero-order valence-corrected chi connectivity index (χ0v) is 13.2. The Kier molecular flexibility index (Phi) is 3.58. The van der Waals surface area contributed by atoms with Crippen molar-refractivity contribution in [3.05, 3.63) is 30.0 Å². The van der Waals surface area contributed by atoms with E-state index in [0.29, 0.717) is 31.7 Å². The van der Waals surface area contributed by atoms with Crippen LogP contribution in [0, 0.1) is 0 Å². The normalized spacial score (nSPS) is 25.5. The van der Waals surface area contributed by atoms with Crippen molar-refractivity contribution < 1.29 is 9.90 Å². The summed E-state index contributed by atoms with van der Waals surface area (Å²) in [6, 6.07) is 7.63. The van der Waals surface area contributed by atoms with Gasteiger partial charge in [0.15, 0.2) is 5.69 Å². The molecule has 0 aliphatic carbocycles. The van der Waals surface area contributed by atoms with Gasteiger partial charge < -0.3 is 14.9 Å². The highest BCUT2D eigenvalue weighted by atomic mass is 16.3. The number of aromatic nitrogens is 2. The maximum absolute atomic E-state index is 12.8. The number of amides is 1. The molecule has 1 aromatic carbocycles. The summed E-state index contributed by atoms with van der Waals surface area (Å²) in [5.41, 5.74) is 0.528. The first kappa shape index (κ1) is 14.7. The molecule has 4 rings (SSSR count). The molecule has 2 aliphatic heterocycles. The molecule has 2 N–H and O–H groups in total. The molecule has 122 valence electrons. The summed E-state index contributed by atoms with van der Waals surface area (Å²) in [6.07, 6.45) is 3.05. The van der Waals surface area contributed by atoms with Crippen molar-refractivity contribution in [2.24, 2.45) is 0 Å². The molecule has 0 saturated carbocycles. The molecule has 6 heteroatoms. The van der Waals surface area contributed by atoms with Gasteiger partial charge in [0.2, 0.25) is 0 Å². The number of carbonyl (C=O) groups is 1. The van der Waals surface area contributed by atoms with Crippen LogP contribution >= 0.6 is 0 Å². The van der Waals surface area contributed by atoms with Crippen molar-refractivity contribution in [3.63, 3.8) is 0 Å². The van der Waals surface area contributed by atoms with E-state index in [2.05, 4.69) is 15.1 Å². The molecular weight excluding hydrogens is 292 g/mol. The summed E-state index contributed by atoms with van der Waals surface area (Å²) in [4.78, 5) is 16.8. The number of aromatic amines is 1. The van der Waals surface area contributed by atoms with E-state index in [1.165, 1.54) is 12.8 Å². The average Bonchev–Trinajstić information content (AvgIpc) is 3.26. The van der Waals surface area contributed by atoms with E-state index in [0.717, 1.165) is 24.0 Å². The van der Waals surface area contributed by atoms with Crippen LogP contribution in [0.15, 0.2) is 24.3 Å². The number of carbonyl (C=O) groups excluding carboxylic acids is 1. The zero-order chi connectivity index (χ0) is 15.9. The molecule has 0 radical (unpaired) electrons. The van der Waals surface area contributed by atoms with Gasteiger partial charge in [0.05, 0.1) is 17.7 Å². The van der Waals surface area contributed by atoms with Crippen LogP contribution in [0.4, 0.5) is 0 Å². The molecule has 0 spiro atoms. The fraction of sp³-hybridized carbons (Fsp3) is 0.529. The summed E-state index contributed by atoms with van der Waals surface area (Å²) in [5, 5.41) is 18.7. The predicted octanol–water partition coefficient (Wildman–Crippen LogP) is 1.24. The Bertz CT molecular complexity index is 722. The lowest BCUT2D eigenvalue weighted by Gasteiger charge is -2.28. The number of aliphatic hydroxyl groups is 1. The fourth-order valence-electron chi connectivity index (χ4n) is 3.79. The van der Waals surface area contributed by atoms with Crippen LogP contribution in [0.5, 0.6) is 0 Å². The molecule has 2 aliphatic rings. The third-order valence-electron chi connectivity index (χ3n) is 5.01. The van der Waals surface area contributed by atoms with Gasteiger partial charge in [-0.15, -0.1) is 0 Å². The molecule has 2 fully saturated rings.